The van der Waals surface area contributed by atoms with Crippen molar-refractivity contribution < 1.29 is 14.2 Å². The maximum atomic E-state index is 13.3. The van der Waals surface area contributed by atoms with E-state index < -0.39 is 0 Å². The molecule has 0 radical (unpaired) electrons. The van der Waals surface area contributed by atoms with Crippen LogP contribution < -0.4 is 4.90 Å². The number of ether oxygens (including phenoxy) is 1. The number of hydrogen-bond acceptors (Lipinski definition) is 4. The minimum Gasteiger partial charge on any atom is -0.396 e. The Labute approximate surface area is 131 Å². The largest absolute Gasteiger partial charge is 0.396 e. The van der Waals surface area contributed by atoms with Gasteiger partial charge in [-0.05, 0) is 38.1 Å². The third-order valence-electron chi connectivity index (χ3n) is 5.00. The molecule has 2 aliphatic rings. The molecule has 5 heteroatoms. The predicted octanol–water partition coefficient (Wildman–Crippen LogP) is 1.74. The first-order chi connectivity index (χ1) is 10.6. The van der Waals surface area contributed by atoms with Crippen LogP contribution in [0.5, 0.6) is 0 Å². The van der Waals surface area contributed by atoms with Crippen LogP contribution in [0.25, 0.3) is 0 Å². The minimum atomic E-state index is -0.174. The van der Waals surface area contributed by atoms with Gasteiger partial charge in [0.1, 0.15) is 5.82 Å². The number of aliphatic hydroxyl groups excluding tert-OH is 1. The number of rotatable bonds is 5. The fraction of sp³-hybridized carbons (Fsp3) is 0.647. The summed E-state index contributed by atoms with van der Waals surface area (Å²) in [7, 11) is 2.14. The lowest BCUT2D eigenvalue weighted by Gasteiger charge is -2.45. The third-order valence-corrected chi connectivity index (χ3v) is 5.00. The monoisotopic (exact) mass is 308 g/mol. The number of hydrogen-bond donors (Lipinski definition) is 1. The first-order valence-corrected chi connectivity index (χ1v) is 8.01. The fourth-order valence-corrected chi connectivity index (χ4v) is 3.52. The zero-order valence-electron chi connectivity index (χ0n) is 13.2. The summed E-state index contributed by atoms with van der Waals surface area (Å²) in [6.07, 6.45) is 2.13. The van der Waals surface area contributed by atoms with Crippen molar-refractivity contribution in [3.8, 4) is 0 Å². The van der Waals surface area contributed by atoms with E-state index in [9.17, 15) is 9.50 Å². The molecule has 0 amide bonds. The van der Waals surface area contributed by atoms with E-state index in [-0.39, 0.29) is 17.8 Å². The molecule has 0 saturated carbocycles. The van der Waals surface area contributed by atoms with E-state index in [1.54, 1.807) is 12.1 Å². The van der Waals surface area contributed by atoms with Crippen LogP contribution in [0.15, 0.2) is 24.3 Å². The highest BCUT2D eigenvalue weighted by Crippen LogP contribution is 2.30. The molecule has 0 spiro atoms. The lowest BCUT2D eigenvalue weighted by Crippen LogP contribution is -2.55. The van der Waals surface area contributed by atoms with Crippen LogP contribution in [0.2, 0.25) is 0 Å². The second-order valence-corrected chi connectivity index (χ2v) is 6.76. The Morgan fingerprint density at radius 2 is 2.09 bits per heavy atom. The molecule has 122 valence electrons. The van der Waals surface area contributed by atoms with Crippen LogP contribution in [0.3, 0.4) is 0 Å². The van der Waals surface area contributed by atoms with Crippen LogP contribution in [0, 0.1) is 11.2 Å². The zero-order valence-corrected chi connectivity index (χ0v) is 13.2. The molecule has 4 nitrogen and oxygen atoms in total. The molecule has 2 heterocycles. The van der Waals surface area contributed by atoms with Crippen LogP contribution >= 0.6 is 0 Å². The van der Waals surface area contributed by atoms with Crippen LogP contribution in [-0.4, -0.2) is 62.6 Å². The smallest absolute Gasteiger partial charge is 0.125 e. The summed E-state index contributed by atoms with van der Waals surface area (Å²) < 4.78 is 18.6. The summed E-state index contributed by atoms with van der Waals surface area (Å²) in [6.45, 7) is 4.29. The molecule has 1 aromatic rings. The summed E-state index contributed by atoms with van der Waals surface area (Å²) in [4.78, 5) is 4.61. The van der Waals surface area contributed by atoms with Gasteiger partial charge in [-0.1, -0.05) is 6.07 Å². The molecule has 0 bridgehead atoms. The molecular weight excluding hydrogens is 283 g/mol. The van der Waals surface area contributed by atoms with E-state index in [0.29, 0.717) is 19.3 Å². The molecule has 0 unspecified atom stereocenters. The van der Waals surface area contributed by atoms with Gasteiger partial charge in [0.2, 0.25) is 0 Å². The van der Waals surface area contributed by atoms with Crippen LogP contribution in [-0.2, 0) is 4.74 Å². The standard InChI is InChI=1S/C17H25FN2O2/c1-19(10-17(11-21)12-22-13-17)15-5-7-20(8-6-15)16-4-2-3-14(18)9-16/h2-4,9,15,21H,5-8,10-13H2,1H3. The lowest BCUT2D eigenvalue weighted by molar-refractivity contribution is -0.149. The predicted molar refractivity (Wildman–Crippen MR) is 84.6 cm³/mol. The number of nitrogens with zero attached hydrogens (tertiary/aromatic N) is 2. The first kappa shape index (κ1) is 15.7. The molecule has 1 aromatic carbocycles. The van der Waals surface area contributed by atoms with Crippen molar-refractivity contribution in [1.29, 1.82) is 0 Å². The Morgan fingerprint density at radius 1 is 1.36 bits per heavy atom. The Kier molecular flexibility index (Phi) is 4.66. The van der Waals surface area contributed by atoms with Gasteiger partial charge in [-0.2, -0.15) is 0 Å². The average Bonchev–Trinajstić information content (AvgIpc) is 2.51. The molecule has 0 aliphatic carbocycles. The van der Waals surface area contributed by atoms with Crippen molar-refractivity contribution in [2.75, 3.05) is 51.4 Å². The molecule has 3 rings (SSSR count). The highest BCUT2D eigenvalue weighted by molar-refractivity contribution is 5.46. The lowest BCUT2D eigenvalue weighted by atomic mass is 9.85. The number of aliphatic hydroxyl groups is 1. The van der Waals surface area contributed by atoms with Gasteiger partial charge in [-0.3, -0.25) is 0 Å². The van der Waals surface area contributed by atoms with Crippen molar-refractivity contribution in [2.24, 2.45) is 5.41 Å². The molecule has 2 aliphatic heterocycles. The average molecular weight is 308 g/mol. The van der Waals surface area contributed by atoms with Gasteiger partial charge in [0.05, 0.1) is 25.2 Å². The summed E-state index contributed by atoms with van der Waals surface area (Å²) >= 11 is 0. The quantitative estimate of drug-likeness (QED) is 0.899. The SMILES string of the molecule is CN(CC1(CO)COC1)C1CCN(c2cccc(F)c2)CC1. The van der Waals surface area contributed by atoms with Crippen molar-refractivity contribution in [2.45, 2.75) is 18.9 Å². The van der Waals surface area contributed by atoms with Gasteiger partial charge in [0.25, 0.3) is 0 Å². The van der Waals surface area contributed by atoms with Crippen molar-refractivity contribution in [3.05, 3.63) is 30.1 Å². The van der Waals surface area contributed by atoms with Gasteiger partial charge >= 0.3 is 0 Å². The summed E-state index contributed by atoms with van der Waals surface area (Å²) in [5.74, 6) is -0.174. The van der Waals surface area contributed by atoms with Gasteiger partial charge in [0, 0.05) is 31.4 Å². The topological polar surface area (TPSA) is 35.9 Å². The van der Waals surface area contributed by atoms with Crippen LogP contribution in [0.1, 0.15) is 12.8 Å². The Hall–Kier alpha value is -1.17. The highest BCUT2D eigenvalue weighted by atomic mass is 19.1. The molecule has 22 heavy (non-hydrogen) atoms. The van der Waals surface area contributed by atoms with E-state index in [1.807, 2.05) is 6.07 Å². The number of halogens is 1. The number of anilines is 1. The molecule has 2 fully saturated rings. The number of benzene rings is 1. The van der Waals surface area contributed by atoms with Gasteiger partial charge in [0.15, 0.2) is 0 Å². The first-order valence-electron chi connectivity index (χ1n) is 8.01. The van der Waals surface area contributed by atoms with Crippen LogP contribution in [0.4, 0.5) is 10.1 Å². The third kappa shape index (κ3) is 3.26. The highest BCUT2D eigenvalue weighted by Gasteiger charge is 2.40. The fourth-order valence-electron chi connectivity index (χ4n) is 3.52. The Morgan fingerprint density at radius 3 is 2.64 bits per heavy atom. The van der Waals surface area contributed by atoms with Gasteiger partial charge in [-0.25, -0.2) is 4.39 Å². The van der Waals surface area contributed by atoms with Crippen molar-refractivity contribution in [1.82, 2.24) is 4.90 Å². The maximum absolute atomic E-state index is 13.3. The molecule has 0 aromatic heterocycles. The summed E-state index contributed by atoms with van der Waals surface area (Å²) in [5.41, 5.74) is 0.911. The van der Waals surface area contributed by atoms with Crippen molar-refractivity contribution >= 4 is 5.69 Å². The van der Waals surface area contributed by atoms with E-state index in [4.69, 9.17) is 4.74 Å². The normalized spacial score (nSPS) is 21.9. The second kappa shape index (κ2) is 6.52. The Balaban J connectivity index is 1.53. The minimum absolute atomic E-state index is 0.0611. The van der Waals surface area contributed by atoms with E-state index >= 15 is 0 Å². The number of piperidine rings is 1. The van der Waals surface area contributed by atoms with E-state index in [1.165, 1.54) is 6.07 Å². The summed E-state index contributed by atoms with van der Waals surface area (Å²) in [6, 6.07) is 7.36. The molecule has 1 N–H and O–H groups in total. The zero-order chi connectivity index (χ0) is 15.6. The Bertz CT molecular complexity index is 494. The molecule has 2 saturated heterocycles. The summed E-state index contributed by atoms with van der Waals surface area (Å²) in [5, 5.41) is 9.55. The molecule has 0 atom stereocenters. The van der Waals surface area contributed by atoms with Gasteiger partial charge < -0.3 is 19.6 Å². The van der Waals surface area contributed by atoms with Gasteiger partial charge in [-0.15, -0.1) is 0 Å². The second-order valence-electron chi connectivity index (χ2n) is 6.76. The van der Waals surface area contributed by atoms with E-state index in [0.717, 1.165) is 38.2 Å². The van der Waals surface area contributed by atoms with Crippen molar-refractivity contribution in [3.63, 3.8) is 0 Å². The molecular formula is C17H25FN2O2. The van der Waals surface area contributed by atoms with E-state index in [2.05, 4.69) is 16.8 Å². The maximum Gasteiger partial charge on any atom is 0.125 e.